The second-order valence-corrected chi connectivity index (χ2v) is 9.58. The van der Waals surface area contributed by atoms with Gasteiger partial charge in [0.2, 0.25) is 10.5 Å². The molecule has 0 unspecified atom stereocenters. The van der Waals surface area contributed by atoms with E-state index in [4.69, 9.17) is 23.2 Å². The molecule has 0 heterocycles. The zero-order chi connectivity index (χ0) is 17.7. The molecule has 0 aromatic heterocycles. The first kappa shape index (κ1) is 20.2. The van der Waals surface area contributed by atoms with E-state index >= 15 is 0 Å². The van der Waals surface area contributed by atoms with Gasteiger partial charge in [0.1, 0.15) is 0 Å². The first-order valence-corrected chi connectivity index (χ1v) is 10.4. The Labute approximate surface area is 157 Å². The lowest BCUT2D eigenvalue weighted by Gasteiger charge is -2.55. The third kappa shape index (κ3) is 5.73. The van der Waals surface area contributed by atoms with Gasteiger partial charge in [-0.1, -0.05) is 33.1 Å². The van der Waals surface area contributed by atoms with Crippen molar-refractivity contribution in [1.29, 1.82) is 0 Å². The largest absolute Gasteiger partial charge is 0.281 e. The van der Waals surface area contributed by atoms with Gasteiger partial charge in [0.05, 0.1) is 0 Å². The summed E-state index contributed by atoms with van der Waals surface area (Å²) in [4.78, 5) is 21.8. The Morgan fingerprint density at radius 2 is 1.42 bits per heavy atom. The molecule has 4 aliphatic rings. The van der Waals surface area contributed by atoms with E-state index in [1.165, 1.54) is 32.1 Å². The summed E-state index contributed by atoms with van der Waals surface area (Å²) < 4.78 is 0. The van der Waals surface area contributed by atoms with E-state index in [9.17, 15) is 9.59 Å². The summed E-state index contributed by atoms with van der Waals surface area (Å²) in [5, 5.41) is -0.235. The topological polar surface area (TPSA) is 34.1 Å². The molecule has 0 atom stereocenters. The number of carbonyl (C=O) groups is 2. The predicted molar refractivity (Wildman–Crippen MR) is 100 cm³/mol. The summed E-state index contributed by atoms with van der Waals surface area (Å²) in [5.41, 5.74) is -0.0731. The average molecular weight is 375 g/mol. The van der Waals surface area contributed by atoms with Crippen LogP contribution in [0.15, 0.2) is 0 Å². The van der Waals surface area contributed by atoms with Crippen molar-refractivity contribution >= 4 is 33.7 Å². The van der Waals surface area contributed by atoms with E-state index in [0.717, 1.165) is 55.8 Å². The van der Waals surface area contributed by atoms with Crippen molar-refractivity contribution in [1.82, 2.24) is 0 Å². The highest BCUT2D eigenvalue weighted by atomic mass is 35.5. The molecular formula is C20H32Cl2O2. The van der Waals surface area contributed by atoms with Crippen molar-refractivity contribution in [2.45, 2.75) is 84.5 Å². The van der Waals surface area contributed by atoms with Crippen LogP contribution in [0.4, 0.5) is 0 Å². The Morgan fingerprint density at radius 1 is 0.917 bits per heavy atom. The first-order chi connectivity index (χ1) is 11.3. The molecule has 2 nitrogen and oxygen atoms in total. The van der Waals surface area contributed by atoms with Gasteiger partial charge in [-0.2, -0.15) is 0 Å². The lowest BCUT2D eigenvalue weighted by molar-refractivity contribution is -0.135. The maximum Gasteiger partial charge on any atom is 0.227 e. The molecule has 0 aliphatic heterocycles. The van der Waals surface area contributed by atoms with Crippen molar-refractivity contribution in [3.8, 4) is 0 Å². The minimum absolute atomic E-state index is 0.0356. The highest BCUT2D eigenvalue weighted by Gasteiger charge is 2.53. The lowest BCUT2D eigenvalue weighted by atomic mass is 9.50. The van der Waals surface area contributed by atoms with Crippen LogP contribution in [-0.2, 0) is 9.59 Å². The van der Waals surface area contributed by atoms with Crippen LogP contribution in [0, 0.1) is 29.1 Å². The second kappa shape index (κ2) is 9.03. The van der Waals surface area contributed by atoms with E-state index < -0.39 is 0 Å². The number of unbranched alkanes of at least 4 members (excludes halogenated alkanes) is 2. The van der Waals surface area contributed by atoms with Crippen molar-refractivity contribution in [3.05, 3.63) is 0 Å². The van der Waals surface area contributed by atoms with Gasteiger partial charge >= 0.3 is 0 Å². The van der Waals surface area contributed by atoms with Crippen molar-refractivity contribution in [2.24, 2.45) is 29.1 Å². The van der Waals surface area contributed by atoms with Gasteiger partial charge in [0, 0.05) is 11.8 Å². The number of halogens is 2. The quantitative estimate of drug-likeness (QED) is 0.385. The van der Waals surface area contributed by atoms with Crippen LogP contribution in [0.3, 0.4) is 0 Å². The zero-order valence-electron chi connectivity index (χ0n) is 15.2. The molecule has 4 heteroatoms. The smallest absolute Gasteiger partial charge is 0.227 e. The molecule has 0 amide bonds. The first-order valence-electron chi connectivity index (χ1n) is 9.69. The maximum atomic E-state index is 11.5. The monoisotopic (exact) mass is 374 g/mol. The van der Waals surface area contributed by atoms with Gasteiger partial charge in [-0.05, 0) is 91.8 Å². The second-order valence-electron chi connectivity index (χ2n) is 8.82. The van der Waals surface area contributed by atoms with Crippen molar-refractivity contribution < 1.29 is 9.59 Å². The molecule has 0 spiro atoms. The van der Waals surface area contributed by atoms with E-state index in [1.807, 2.05) is 0 Å². The molecule has 24 heavy (non-hydrogen) atoms. The molecule has 0 aromatic rings. The van der Waals surface area contributed by atoms with E-state index in [1.54, 1.807) is 0 Å². The molecule has 4 saturated carbocycles. The maximum absolute atomic E-state index is 11.5. The molecule has 0 N–H and O–H groups in total. The van der Waals surface area contributed by atoms with Gasteiger partial charge in [0.15, 0.2) is 0 Å². The van der Waals surface area contributed by atoms with Crippen LogP contribution in [0.2, 0.25) is 0 Å². The zero-order valence-corrected chi connectivity index (χ0v) is 16.7. The summed E-state index contributed by atoms with van der Waals surface area (Å²) in [6.07, 6.45) is 12.5. The SMILES string of the molecule is CC(C)CCCCCC(=O)Cl.O=C(Cl)C12CC3CC(CC(C3)C1)C2. The Kier molecular flexibility index (Phi) is 7.61. The molecule has 0 saturated heterocycles. The molecule has 4 aliphatic carbocycles. The molecule has 4 bridgehead atoms. The Bertz CT molecular complexity index is 410. The highest BCUT2D eigenvalue weighted by Crippen LogP contribution is 2.60. The van der Waals surface area contributed by atoms with Crippen molar-refractivity contribution in [2.75, 3.05) is 0 Å². The number of carbonyl (C=O) groups excluding carboxylic acids is 2. The summed E-state index contributed by atoms with van der Waals surface area (Å²) in [5.74, 6) is 3.26. The summed E-state index contributed by atoms with van der Waals surface area (Å²) >= 11 is 10.9. The van der Waals surface area contributed by atoms with E-state index in [0.29, 0.717) is 6.42 Å². The number of hydrogen-bond acceptors (Lipinski definition) is 2. The molecule has 0 aromatic carbocycles. The Hall–Kier alpha value is -0.0800. The van der Waals surface area contributed by atoms with Crippen LogP contribution in [-0.4, -0.2) is 10.5 Å². The van der Waals surface area contributed by atoms with Gasteiger partial charge in [-0.25, -0.2) is 0 Å². The van der Waals surface area contributed by atoms with E-state index in [2.05, 4.69) is 13.8 Å². The minimum Gasteiger partial charge on any atom is -0.281 e. The number of hydrogen-bond donors (Lipinski definition) is 0. The van der Waals surface area contributed by atoms with Gasteiger partial charge < -0.3 is 0 Å². The highest BCUT2D eigenvalue weighted by molar-refractivity contribution is 6.64. The standard InChI is InChI=1S/C11H15ClO.C9H17ClO/c12-10(13)11-4-7-1-8(5-11)3-9(2-7)6-11;1-8(2)6-4-3-5-7-9(10)11/h7-9H,1-6H2;8H,3-7H2,1-2H3. The summed E-state index contributed by atoms with van der Waals surface area (Å²) in [6, 6.07) is 0. The van der Waals surface area contributed by atoms with Crippen LogP contribution in [0.25, 0.3) is 0 Å². The van der Waals surface area contributed by atoms with Gasteiger partial charge in [-0.3, -0.25) is 9.59 Å². The fourth-order valence-corrected chi connectivity index (χ4v) is 5.71. The summed E-state index contributed by atoms with van der Waals surface area (Å²) in [7, 11) is 0. The Balaban J connectivity index is 0.000000178. The van der Waals surface area contributed by atoms with Crippen LogP contribution in [0.5, 0.6) is 0 Å². The molecule has 4 rings (SSSR count). The van der Waals surface area contributed by atoms with Crippen LogP contribution >= 0.6 is 23.2 Å². The lowest BCUT2D eigenvalue weighted by Crippen LogP contribution is -2.48. The Morgan fingerprint density at radius 3 is 1.79 bits per heavy atom. The number of rotatable bonds is 7. The van der Waals surface area contributed by atoms with Gasteiger partial charge in [0.25, 0.3) is 0 Å². The molecule has 4 fully saturated rings. The third-order valence-electron chi connectivity index (χ3n) is 6.11. The minimum atomic E-state index is -0.199. The third-order valence-corrected chi connectivity index (χ3v) is 6.70. The fourth-order valence-electron chi connectivity index (χ4n) is 5.34. The summed E-state index contributed by atoms with van der Waals surface area (Å²) in [6.45, 7) is 4.43. The fraction of sp³-hybridized carbons (Fsp3) is 0.900. The normalized spacial score (nSPS) is 33.3. The van der Waals surface area contributed by atoms with Gasteiger partial charge in [-0.15, -0.1) is 0 Å². The molecule has 138 valence electrons. The van der Waals surface area contributed by atoms with Crippen molar-refractivity contribution in [3.63, 3.8) is 0 Å². The van der Waals surface area contributed by atoms with Crippen LogP contribution < -0.4 is 0 Å². The molecule has 0 radical (unpaired) electrons. The van der Waals surface area contributed by atoms with Crippen LogP contribution in [0.1, 0.15) is 84.5 Å². The average Bonchev–Trinajstić information content (AvgIpc) is 2.45. The molecular weight excluding hydrogens is 343 g/mol. The van der Waals surface area contributed by atoms with E-state index in [-0.39, 0.29) is 15.9 Å². The predicted octanol–water partition coefficient (Wildman–Crippen LogP) is 6.33.